The van der Waals surface area contributed by atoms with E-state index in [1.165, 1.54) is 0 Å². The zero-order chi connectivity index (χ0) is 19.7. The number of alkyl halides is 8. The van der Waals surface area contributed by atoms with E-state index in [0.29, 0.717) is 4.68 Å². The molecule has 27 heavy (non-hydrogen) atoms. The summed E-state index contributed by atoms with van der Waals surface area (Å²) < 4.78 is 121. The van der Waals surface area contributed by atoms with E-state index in [-0.39, 0.29) is 13.2 Å². The van der Waals surface area contributed by atoms with Gasteiger partial charge in [0.2, 0.25) is 5.79 Å². The van der Waals surface area contributed by atoms with Crippen LogP contribution in [0.15, 0.2) is 0 Å². The number of nitrogens with zero attached hydrogens (tertiary/aromatic N) is 2. The zero-order valence-corrected chi connectivity index (χ0v) is 13.5. The van der Waals surface area contributed by atoms with Gasteiger partial charge in [0.15, 0.2) is 24.2 Å². The van der Waals surface area contributed by atoms with E-state index in [9.17, 15) is 35.1 Å². The Kier molecular flexibility index (Phi) is 4.22. The predicted octanol–water partition coefficient (Wildman–Crippen LogP) is 3.81. The molecule has 0 aromatic carbocycles. The minimum absolute atomic E-state index is 0.263. The van der Waals surface area contributed by atoms with E-state index in [4.69, 9.17) is 9.47 Å². The van der Waals surface area contributed by atoms with Gasteiger partial charge in [0.1, 0.15) is 12.3 Å². The second-order valence-corrected chi connectivity index (χ2v) is 6.82. The highest BCUT2D eigenvalue weighted by atomic mass is 19.4. The van der Waals surface area contributed by atoms with Crippen LogP contribution in [0.4, 0.5) is 35.1 Å². The van der Waals surface area contributed by atoms with Crippen LogP contribution in [0.2, 0.25) is 0 Å². The number of ether oxygens (including phenoxy) is 2. The average Bonchev–Trinajstić information content (AvgIpc) is 3.26. The van der Waals surface area contributed by atoms with Crippen LogP contribution in [-0.4, -0.2) is 47.7 Å². The molecular weight excluding hydrogens is 392 g/mol. The predicted molar refractivity (Wildman–Crippen MR) is 72.5 cm³/mol. The molecule has 1 saturated heterocycles. The summed E-state index contributed by atoms with van der Waals surface area (Å²) >= 11 is 0. The Labute approximate surface area is 147 Å². The van der Waals surface area contributed by atoms with Crippen LogP contribution in [0, 0.1) is 0 Å². The molecule has 0 N–H and O–H groups in total. The quantitative estimate of drug-likeness (QED) is 0.666. The third-order valence-corrected chi connectivity index (χ3v) is 5.19. The van der Waals surface area contributed by atoms with Gasteiger partial charge in [-0.3, -0.25) is 4.68 Å². The van der Waals surface area contributed by atoms with Gasteiger partial charge in [0.25, 0.3) is 0 Å². The fraction of sp³-hybridized carbons (Fsp3) is 0.800. The Balaban J connectivity index is 1.87. The van der Waals surface area contributed by atoms with Crippen molar-refractivity contribution in [3.05, 3.63) is 17.0 Å². The third-order valence-electron chi connectivity index (χ3n) is 5.19. The highest BCUT2D eigenvalue weighted by Gasteiger charge is 2.65. The molecule has 1 spiro atoms. The summed E-state index contributed by atoms with van der Waals surface area (Å²) in [4.78, 5) is 0. The fourth-order valence-electron chi connectivity index (χ4n) is 4.04. The van der Waals surface area contributed by atoms with Crippen molar-refractivity contribution in [2.24, 2.45) is 0 Å². The maximum atomic E-state index is 14.7. The molecule has 4 nitrogen and oxygen atoms in total. The van der Waals surface area contributed by atoms with Crippen LogP contribution in [0.1, 0.15) is 42.0 Å². The number of fused-ring (bicyclic) bond motifs is 2. The second kappa shape index (κ2) is 6.03. The van der Waals surface area contributed by atoms with Crippen LogP contribution < -0.4 is 0 Å². The van der Waals surface area contributed by atoms with Crippen LogP contribution in [0.5, 0.6) is 0 Å². The van der Waals surface area contributed by atoms with Crippen molar-refractivity contribution < 1.29 is 44.6 Å². The zero-order valence-electron chi connectivity index (χ0n) is 13.5. The summed E-state index contributed by atoms with van der Waals surface area (Å²) in [5.41, 5.74) is -3.44. The number of halogens is 8. The van der Waals surface area contributed by atoms with E-state index < -0.39 is 78.7 Å². The molecule has 2 fully saturated rings. The number of aromatic nitrogens is 2. The molecule has 2 aliphatic carbocycles. The normalized spacial score (nSPS) is 38.5. The summed E-state index contributed by atoms with van der Waals surface area (Å²) in [5.74, 6) is -2.61. The van der Waals surface area contributed by atoms with Gasteiger partial charge in [0, 0.05) is 12.8 Å². The Hall–Kier alpha value is -1.43. The van der Waals surface area contributed by atoms with Crippen LogP contribution in [0.3, 0.4) is 0 Å². The van der Waals surface area contributed by atoms with Crippen LogP contribution in [0.25, 0.3) is 0 Å². The van der Waals surface area contributed by atoms with E-state index in [1.54, 1.807) is 0 Å². The van der Waals surface area contributed by atoms with Gasteiger partial charge in [-0.2, -0.15) is 18.3 Å². The topological polar surface area (TPSA) is 36.3 Å². The van der Waals surface area contributed by atoms with Crippen molar-refractivity contribution in [1.82, 2.24) is 9.78 Å². The van der Waals surface area contributed by atoms with Crippen LogP contribution >= 0.6 is 0 Å². The van der Waals surface area contributed by atoms with E-state index in [0.717, 1.165) is 0 Å². The average molecular weight is 406 g/mol. The minimum Gasteiger partial charge on any atom is -0.341 e. The van der Waals surface area contributed by atoms with E-state index >= 15 is 0 Å². The first-order valence-corrected chi connectivity index (χ1v) is 8.26. The number of rotatable bonds is 1. The van der Waals surface area contributed by atoms with Gasteiger partial charge >= 0.3 is 6.18 Å². The Morgan fingerprint density at radius 2 is 1.52 bits per heavy atom. The summed E-state index contributed by atoms with van der Waals surface area (Å²) in [6.07, 6.45) is -18.8. The lowest BCUT2D eigenvalue weighted by molar-refractivity contribution is -0.217. The fourth-order valence-corrected chi connectivity index (χ4v) is 4.04. The van der Waals surface area contributed by atoms with Crippen molar-refractivity contribution in [2.75, 3.05) is 13.2 Å². The molecule has 4 rings (SSSR count). The molecule has 152 valence electrons. The monoisotopic (exact) mass is 406 g/mol. The Morgan fingerprint density at radius 1 is 0.963 bits per heavy atom. The largest absolute Gasteiger partial charge is 0.435 e. The smallest absolute Gasteiger partial charge is 0.341 e. The molecule has 1 aliphatic heterocycles. The molecule has 12 heteroatoms. The molecule has 6 atom stereocenters. The van der Waals surface area contributed by atoms with Crippen molar-refractivity contribution in [1.29, 1.82) is 0 Å². The van der Waals surface area contributed by atoms with Crippen molar-refractivity contribution in [2.45, 2.75) is 61.7 Å². The minimum atomic E-state index is -5.12. The SMILES string of the molecule is F[C@@H]1[C@H](F)CC(n2nc(C(F)(F)F)c3c2[C@@H](F)[C@@H](F)C32OCCO2)C[C@@H]1F. The highest BCUT2D eigenvalue weighted by molar-refractivity contribution is 5.42. The first-order chi connectivity index (χ1) is 12.6. The summed E-state index contributed by atoms with van der Waals surface area (Å²) in [5, 5.41) is 3.29. The summed E-state index contributed by atoms with van der Waals surface area (Å²) in [7, 11) is 0. The first-order valence-electron chi connectivity index (χ1n) is 8.26. The molecule has 1 unspecified atom stereocenters. The molecule has 1 aromatic rings. The lowest BCUT2D eigenvalue weighted by Gasteiger charge is -2.31. The molecule has 3 aliphatic rings. The van der Waals surface area contributed by atoms with Crippen LogP contribution in [-0.2, 0) is 21.4 Å². The van der Waals surface area contributed by atoms with Gasteiger partial charge in [-0.15, -0.1) is 0 Å². The van der Waals surface area contributed by atoms with Crippen molar-refractivity contribution in [3.8, 4) is 0 Å². The molecule has 1 saturated carbocycles. The second-order valence-electron chi connectivity index (χ2n) is 6.82. The maximum Gasteiger partial charge on any atom is 0.435 e. The summed E-state index contributed by atoms with van der Waals surface area (Å²) in [6, 6.07) is -1.41. The molecule has 2 heterocycles. The van der Waals surface area contributed by atoms with Crippen molar-refractivity contribution >= 4 is 0 Å². The Morgan fingerprint density at radius 3 is 2.04 bits per heavy atom. The number of hydrogen-bond acceptors (Lipinski definition) is 3. The van der Waals surface area contributed by atoms with Gasteiger partial charge in [-0.05, 0) is 0 Å². The lowest BCUT2D eigenvalue weighted by Crippen LogP contribution is -2.39. The molecule has 0 bridgehead atoms. The van der Waals surface area contributed by atoms with E-state index in [1.807, 2.05) is 0 Å². The highest BCUT2D eigenvalue weighted by Crippen LogP contribution is 2.56. The molecule has 0 amide bonds. The first kappa shape index (κ1) is 18.9. The van der Waals surface area contributed by atoms with Gasteiger partial charge < -0.3 is 9.47 Å². The van der Waals surface area contributed by atoms with Gasteiger partial charge in [0.05, 0.1) is 30.5 Å². The third kappa shape index (κ3) is 2.59. The van der Waals surface area contributed by atoms with Crippen molar-refractivity contribution in [3.63, 3.8) is 0 Å². The molecule has 1 aromatic heterocycles. The lowest BCUT2D eigenvalue weighted by atomic mass is 9.90. The van der Waals surface area contributed by atoms with E-state index in [2.05, 4.69) is 5.10 Å². The van der Waals surface area contributed by atoms with Gasteiger partial charge in [-0.25, -0.2) is 22.0 Å². The maximum absolute atomic E-state index is 14.7. The Bertz CT molecular complexity index is 720. The molecule has 0 radical (unpaired) electrons. The summed E-state index contributed by atoms with van der Waals surface area (Å²) in [6.45, 7) is -0.526. The standard InChI is InChI=1S/C15H14F8N2O2/c16-6-3-5(4-7(17)9(6)18)25-11-8(13(24-25)15(21,22)23)14(12(20)10(11)19)26-1-2-27-14/h5-7,9-10,12H,1-4H2/t5?,6-,7+,9-,10-,12-/m1/s1. The molecular formula is C15H14F8N2O2. The number of hydrogen-bond donors (Lipinski definition) is 0. The van der Waals surface area contributed by atoms with Gasteiger partial charge in [-0.1, -0.05) is 0 Å².